The number of unbranched alkanes of at least 4 members (excludes halogenated alkanes) is 6. The zero-order valence-corrected chi connectivity index (χ0v) is 25.1. The Morgan fingerprint density at radius 3 is 2.29 bits per heavy atom. The summed E-state index contributed by atoms with van der Waals surface area (Å²) in [7, 11) is 0. The molecule has 3 aliphatic rings. The van der Waals surface area contributed by atoms with Crippen LogP contribution in [0.3, 0.4) is 0 Å². The molecule has 0 amide bonds. The largest absolute Gasteiger partial charge is 0.616 e. The number of hydrogen-bond donors (Lipinski definition) is 2. The first-order valence-electron chi connectivity index (χ1n) is 15.6. The summed E-state index contributed by atoms with van der Waals surface area (Å²) in [6.45, 7) is 2.30. The van der Waals surface area contributed by atoms with Gasteiger partial charge >= 0.3 is 12.1 Å². The molecule has 0 aromatic heterocycles. The number of aromatic hydroxyl groups is 1. The molecule has 1 aromatic carbocycles. The van der Waals surface area contributed by atoms with Crippen molar-refractivity contribution in [3.63, 3.8) is 0 Å². The van der Waals surface area contributed by atoms with Gasteiger partial charge in [-0.15, -0.1) is 0 Å². The van der Waals surface area contributed by atoms with Gasteiger partial charge in [0.05, 0.1) is 6.10 Å². The lowest BCUT2D eigenvalue weighted by atomic mass is 9.52. The van der Waals surface area contributed by atoms with E-state index in [-0.39, 0.29) is 17.3 Å². The van der Waals surface area contributed by atoms with Gasteiger partial charge in [-0.05, 0) is 110 Å². The summed E-state index contributed by atoms with van der Waals surface area (Å²) in [5.41, 5.74) is 2.73. The van der Waals surface area contributed by atoms with Gasteiger partial charge in [-0.3, -0.25) is 0 Å². The van der Waals surface area contributed by atoms with Gasteiger partial charge in [0.25, 0.3) is 0 Å². The average molecular weight is 607 g/mol. The molecule has 2 saturated carbocycles. The molecule has 0 saturated heterocycles. The maximum atomic E-state index is 13.0. The predicted octanol–water partition coefficient (Wildman–Crippen LogP) is 8.68. The quantitative estimate of drug-likeness (QED) is 0.127. The first-order chi connectivity index (χ1) is 19.3. The van der Waals surface area contributed by atoms with Crippen LogP contribution in [0.15, 0.2) is 18.2 Å². The molecule has 41 heavy (non-hydrogen) atoms. The molecule has 0 heterocycles. The van der Waals surface area contributed by atoms with Crippen LogP contribution in [-0.2, 0) is 17.6 Å². The Kier molecular flexibility index (Phi) is 11.0. The summed E-state index contributed by atoms with van der Waals surface area (Å²) in [6, 6.07) is 5.92. The molecule has 2 fully saturated rings. The number of aliphatic hydroxyl groups excluding tert-OH is 1. The Morgan fingerprint density at radius 1 is 0.927 bits per heavy atom. The van der Waals surface area contributed by atoms with Gasteiger partial charge in [0.15, 0.2) is 0 Å². The normalized spacial score (nSPS) is 30.5. The molecular weight excluding hydrogens is 559 g/mol. The highest BCUT2D eigenvalue weighted by molar-refractivity contribution is 7.91. The molecule has 234 valence electrons. The van der Waals surface area contributed by atoms with Crippen LogP contribution in [0, 0.1) is 23.2 Å². The number of hydrogen-bond acceptors (Lipinski definition) is 3. The van der Waals surface area contributed by atoms with Crippen LogP contribution in [0.1, 0.15) is 114 Å². The molecular formula is C32H47F5O3S. The van der Waals surface area contributed by atoms with E-state index in [0.29, 0.717) is 41.6 Å². The fourth-order valence-electron chi connectivity index (χ4n) is 8.28. The number of phenols is 1. The van der Waals surface area contributed by atoms with Crippen molar-refractivity contribution in [3.8, 4) is 5.75 Å². The van der Waals surface area contributed by atoms with E-state index in [9.17, 15) is 36.7 Å². The van der Waals surface area contributed by atoms with Gasteiger partial charge in [0, 0.05) is 6.42 Å². The Hall–Kier alpha value is -1.06. The Bertz CT molecular complexity index is 989. The molecule has 2 N–H and O–H groups in total. The number of alkyl halides is 5. The monoisotopic (exact) mass is 606 g/mol. The van der Waals surface area contributed by atoms with Crippen molar-refractivity contribution in [2.75, 3.05) is 11.5 Å². The SMILES string of the molecule is C[C@]12CCC3c4ccc(O)cc4C[C@@H](CCCCCCCCC[S@+]([O-])CCCC(F)(F)C(F)(F)F)[C@H]3[C@H]1CCC2O. The van der Waals surface area contributed by atoms with Crippen LogP contribution in [-0.4, -0.2) is 44.5 Å². The van der Waals surface area contributed by atoms with E-state index in [1.54, 1.807) is 0 Å². The van der Waals surface area contributed by atoms with Gasteiger partial charge in [0.2, 0.25) is 0 Å². The van der Waals surface area contributed by atoms with Crippen LogP contribution in [0.5, 0.6) is 5.75 Å². The Balaban J connectivity index is 1.15. The summed E-state index contributed by atoms with van der Waals surface area (Å²) in [5, 5.41) is 21.0. The highest BCUT2D eigenvalue weighted by Crippen LogP contribution is 2.62. The first kappa shape index (κ1) is 32.8. The van der Waals surface area contributed by atoms with Gasteiger partial charge < -0.3 is 14.8 Å². The minimum absolute atomic E-state index is 0.0195. The van der Waals surface area contributed by atoms with Crippen LogP contribution < -0.4 is 0 Å². The van der Waals surface area contributed by atoms with Crippen LogP contribution >= 0.6 is 0 Å². The van der Waals surface area contributed by atoms with Crippen molar-refractivity contribution in [1.29, 1.82) is 0 Å². The summed E-state index contributed by atoms with van der Waals surface area (Å²) < 4.78 is 74.5. The molecule has 3 aliphatic carbocycles. The Morgan fingerprint density at radius 2 is 1.59 bits per heavy atom. The smallest absolute Gasteiger partial charge is 0.453 e. The second-order valence-electron chi connectivity index (χ2n) is 13.2. The fourth-order valence-corrected chi connectivity index (χ4v) is 9.48. The lowest BCUT2D eigenvalue weighted by molar-refractivity contribution is -0.284. The van der Waals surface area contributed by atoms with E-state index in [1.807, 2.05) is 12.1 Å². The van der Waals surface area contributed by atoms with Crippen LogP contribution in [0.25, 0.3) is 0 Å². The molecule has 0 bridgehead atoms. The van der Waals surface area contributed by atoms with Crippen molar-refractivity contribution < 1.29 is 36.7 Å². The second-order valence-corrected chi connectivity index (χ2v) is 14.9. The number of halogens is 5. The van der Waals surface area contributed by atoms with Crippen molar-refractivity contribution in [2.45, 2.75) is 127 Å². The third-order valence-corrected chi connectivity index (χ3v) is 12.0. The number of phenolic OH excluding ortho intramolecular Hbond substituents is 1. The lowest BCUT2D eigenvalue weighted by Gasteiger charge is -2.53. The lowest BCUT2D eigenvalue weighted by Crippen LogP contribution is -2.47. The molecule has 2 unspecified atom stereocenters. The number of rotatable bonds is 14. The zero-order valence-electron chi connectivity index (χ0n) is 24.2. The highest BCUT2D eigenvalue weighted by atomic mass is 32.2. The second kappa shape index (κ2) is 13.7. The van der Waals surface area contributed by atoms with Crippen molar-refractivity contribution in [3.05, 3.63) is 29.3 Å². The topological polar surface area (TPSA) is 63.5 Å². The first-order valence-corrected chi connectivity index (χ1v) is 17.1. The molecule has 0 aliphatic heterocycles. The van der Waals surface area contributed by atoms with Crippen LogP contribution in [0.2, 0.25) is 0 Å². The average Bonchev–Trinajstić information content (AvgIpc) is 3.20. The molecule has 0 radical (unpaired) electrons. The van der Waals surface area contributed by atoms with E-state index < -0.39 is 36.1 Å². The van der Waals surface area contributed by atoms with E-state index in [1.165, 1.54) is 11.1 Å². The van der Waals surface area contributed by atoms with Crippen LogP contribution in [0.4, 0.5) is 22.0 Å². The Labute approximate surface area is 244 Å². The molecule has 7 atom stereocenters. The molecule has 1 aromatic rings. The van der Waals surface area contributed by atoms with Gasteiger partial charge in [-0.25, -0.2) is 0 Å². The summed E-state index contributed by atoms with van der Waals surface area (Å²) in [4.78, 5) is 0. The highest BCUT2D eigenvalue weighted by Gasteiger charge is 2.57. The fraction of sp³-hybridized carbons (Fsp3) is 0.812. The molecule has 3 nitrogen and oxygen atoms in total. The van der Waals surface area contributed by atoms with E-state index >= 15 is 0 Å². The van der Waals surface area contributed by atoms with Crippen molar-refractivity contribution >= 4 is 11.2 Å². The van der Waals surface area contributed by atoms with Crippen molar-refractivity contribution in [1.82, 2.24) is 0 Å². The van der Waals surface area contributed by atoms with Crippen molar-refractivity contribution in [2.24, 2.45) is 23.2 Å². The summed E-state index contributed by atoms with van der Waals surface area (Å²) in [6.07, 6.45) is 5.97. The molecule has 9 heteroatoms. The predicted molar refractivity (Wildman–Crippen MR) is 153 cm³/mol. The summed E-state index contributed by atoms with van der Waals surface area (Å²) in [5.74, 6) is -1.91. The van der Waals surface area contributed by atoms with E-state index in [2.05, 4.69) is 13.0 Å². The maximum absolute atomic E-state index is 13.0. The van der Waals surface area contributed by atoms with E-state index in [0.717, 1.165) is 77.0 Å². The molecule has 4 rings (SSSR count). The number of aliphatic hydroxyl groups is 1. The molecule has 0 spiro atoms. The maximum Gasteiger partial charge on any atom is 0.453 e. The third-order valence-electron chi connectivity index (χ3n) is 10.6. The summed E-state index contributed by atoms with van der Waals surface area (Å²) >= 11 is -1.35. The van der Waals surface area contributed by atoms with E-state index in [4.69, 9.17) is 0 Å². The van der Waals surface area contributed by atoms with Gasteiger partial charge in [-0.2, -0.15) is 22.0 Å². The number of benzene rings is 1. The number of fused-ring (bicyclic) bond motifs is 5. The minimum atomic E-state index is -5.54. The third kappa shape index (κ3) is 7.72. The minimum Gasteiger partial charge on any atom is -0.616 e. The zero-order chi connectivity index (χ0) is 29.8. The standard InChI is InChI=1S/C32H47F5O3S/c1-30-17-15-26-25-12-11-24(38)21-23(25)20-22(29(26)27(30)13-14-28(30)39)10-7-5-3-2-4-6-8-18-41(40)19-9-16-31(33,34)32(35,36)37/h11-12,21-22,26-29,38-39H,2-10,13-20H2,1H3/t22-,26?,27-,28?,29-,30+,41+/m1/s1. The van der Waals surface area contributed by atoms with Gasteiger partial charge in [-0.1, -0.05) is 56.3 Å². The van der Waals surface area contributed by atoms with Gasteiger partial charge in [0.1, 0.15) is 17.3 Å².